The van der Waals surface area contributed by atoms with Gasteiger partial charge in [0, 0.05) is 10.5 Å². The molecule has 3 aromatic rings. The Morgan fingerprint density at radius 2 is 1.73 bits per heavy atom. The lowest BCUT2D eigenvalue weighted by atomic mass is 10.1. The van der Waals surface area contributed by atoms with Crippen molar-refractivity contribution in [1.29, 1.82) is 0 Å². The van der Waals surface area contributed by atoms with Crippen LogP contribution in [0.5, 0.6) is 0 Å². The van der Waals surface area contributed by atoms with Crippen LogP contribution in [0.2, 0.25) is 0 Å². The Bertz CT molecular complexity index is 792. The molecule has 2 aromatic carbocycles. The molecule has 0 radical (unpaired) electrons. The molecule has 0 unspecified atom stereocenters. The Hall–Kier alpha value is -1.91. The number of hydrogen-bond acceptors (Lipinski definition) is 3. The molecule has 0 aliphatic rings. The maximum absolute atomic E-state index is 13.0. The van der Waals surface area contributed by atoms with E-state index in [1.165, 1.54) is 23.5 Å². The fraction of sp³-hybridized carbons (Fsp3) is 0.0556. The third kappa shape index (κ3) is 3.29. The summed E-state index contributed by atoms with van der Waals surface area (Å²) in [4.78, 5) is 13.6. The minimum Gasteiger partial charge on any atom is -0.294 e. The number of ketones is 1. The number of thiophene rings is 1. The van der Waals surface area contributed by atoms with Crippen LogP contribution in [0.1, 0.15) is 16.6 Å². The van der Waals surface area contributed by atoms with Crippen molar-refractivity contribution in [3.63, 3.8) is 0 Å². The molecule has 0 atom stereocenters. The fourth-order valence-electron chi connectivity index (χ4n) is 2.13. The zero-order valence-corrected chi connectivity index (χ0v) is 13.5. The minimum absolute atomic E-state index is 0.0646. The number of benzene rings is 2. The van der Waals surface area contributed by atoms with Gasteiger partial charge in [0.15, 0.2) is 5.78 Å². The first-order chi connectivity index (χ1) is 10.6. The molecule has 22 heavy (non-hydrogen) atoms. The van der Waals surface area contributed by atoms with E-state index in [0.717, 1.165) is 25.1 Å². The van der Waals surface area contributed by atoms with Crippen LogP contribution in [0, 0.1) is 5.82 Å². The molecular formula is C18H13FOS2. The van der Waals surface area contributed by atoms with E-state index in [0.29, 0.717) is 0 Å². The van der Waals surface area contributed by atoms with Crippen LogP contribution < -0.4 is 0 Å². The fourth-order valence-corrected chi connectivity index (χ4v) is 4.33. The van der Waals surface area contributed by atoms with Crippen molar-refractivity contribution in [2.24, 2.45) is 0 Å². The Morgan fingerprint density at radius 1 is 1.05 bits per heavy atom. The van der Waals surface area contributed by atoms with Gasteiger partial charge in [-0.05, 0) is 42.8 Å². The summed E-state index contributed by atoms with van der Waals surface area (Å²) in [6.07, 6.45) is 0. The predicted molar refractivity (Wildman–Crippen MR) is 90.3 cm³/mol. The largest absolute Gasteiger partial charge is 0.294 e. The van der Waals surface area contributed by atoms with E-state index in [2.05, 4.69) is 0 Å². The van der Waals surface area contributed by atoms with Crippen LogP contribution in [-0.4, -0.2) is 5.78 Å². The van der Waals surface area contributed by atoms with Gasteiger partial charge >= 0.3 is 0 Å². The predicted octanol–water partition coefficient (Wildman–Crippen LogP) is 5.91. The van der Waals surface area contributed by atoms with Gasteiger partial charge in [0.05, 0.1) is 9.09 Å². The summed E-state index contributed by atoms with van der Waals surface area (Å²) in [6, 6.07) is 18.3. The molecule has 4 heteroatoms. The van der Waals surface area contributed by atoms with Crippen molar-refractivity contribution >= 4 is 28.9 Å². The number of carbonyl (C=O) groups is 1. The van der Waals surface area contributed by atoms with Gasteiger partial charge < -0.3 is 0 Å². The topological polar surface area (TPSA) is 17.1 Å². The van der Waals surface area contributed by atoms with Crippen LogP contribution in [0.4, 0.5) is 4.39 Å². The number of hydrogen-bond donors (Lipinski definition) is 0. The molecular weight excluding hydrogens is 315 g/mol. The average molecular weight is 328 g/mol. The first kappa shape index (κ1) is 15.0. The number of carbonyl (C=O) groups excluding carboxylic acids is 1. The van der Waals surface area contributed by atoms with Gasteiger partial charge in [0.2, 0.25) is 0 Å². The van der Waals surface area contributed by atoms with Crippen molar-refractivity contribution in [3.8, 4) is 11.1 Å². The lowest BCUT2D eigenvalue weighted by Crippen LogP contribution is -1.89. The maximum atomic E-state index is 13.0. The van der Waals surface area contributed by atoms with Crippen LogP contribution in [-0.2, 0) is 0 Å². The lowest BCUT2D eigenvalue weighted by Gasteiger charge is -1.99. The van der Waals surface area contributed by atoms with Crippen molar-refractivity contribution in [3.05, 3.63) is 71.4 Å². The molecule has 0 bridgehead atoms. The van der Waals surface area contributed by atoms with Crippen molar-refractivity contribution in [2.75, 3.05) is 0 Å². The van der Waals surface area contributed by atoms with Crippen LogP contribution >= 0.6 is 23.1 Å². The molecule has 0 amide bonds. The molecule has 3 rings (SSSR count). The van der Waals surface area contributed by atoms with E-state index in [1.807, 2.05) is 36.4 Å². The Balaban J connectivity index is 1.97. The smallest absolute Gasteiger partial charge is 0.170 e. The summed E-state index contributed by atoms with van der Waals surface area (Å²) >= 11 is 3.02. The Kier molecular flexibility index (Phi) is 4.41. The second-order valence-electron chi connectivity index (χ2n) is 4.79. The SMILES string of the molecule is CC(=O)c1sc(Sc2ccc(F)cc2)cc1-c1ccccc1. The van der Waals surface area contributed by atoms with Gasteiger partial charge in [-0.25, -0.2) is 4.39 Å². The molecule has 0 spiro atoms. The second kappa shape index (κ2) is 6.46. The maximum Gasteiger partial charge on any atom is 0.170 e. The molecule has 0 saturated carbocycles. The average Bonchev–Trinajstić information content (AvgIpc) is 2.95. The summed E-state index contributed by atoms with van der Waals surface area (Å²) < 4.78 is 14.0. The van der Waals surface area contributed by atoms with Crippen LogP contribution in [0.25, 0.3) is 11.1 Å². The summed E-state index contributed by atoms with van der Waals surface area (Å²) in [5, 5.41) is 0. The van der Waals surface area contributed by atoms with Gasteiger partial charge in [0.1, 0.15) is 5.82 Å². The Labute approximate surface area is 136 Å². The molecule has 110 valence electrons. The Morgan fingerprint density at radius 3 is 2.36 bits per heavy atom. The van der Waals surface area contributed by atoms with Crippen molar-refractivity contribution in [2.45, 2.75) is 16.0 Å². The second-order valence-corrected chi connectivity index (χ2v) is 7.21. The highest BCUT2D eigenvalue weighted by atomic mass is 32.2. The zero-order valence-electron chi connectivity index (χ0n) is 11.9. The lowest BCUT2D eigenvalue weighted by molar-refractivity contribution is 0.102. The summed E-state index contributed by atoms with van der Waals surface area (Å²) in [7, 11) is 0. The van der Waals surface area contributed by atoms with Gasteiger partial charge in [-0.3, -0.25) is 4.79 Å². The summed E-state index contributed by atoms with van der Waals surface area (Å²) in [6.45, 7) is 1.59. The van der Waals surface area contributed by atoms with Gasteiger partial charge in [0.25, 0.3) is 0 Å². The molecule has 0 aliphatic heterocycles. The van der Waals surface area contributed by atoms with Crippen molar-refractivity contribution in [1.82, 2.24) is 0 Å². The van der Waals surface area contributed by atoms with Crippen LogP contribution in [0.3, 0.4) is 0 Å². The molecule has 1 heterocycles. The highest BCUT2D eigenvalue weighted by Crippen LogP contribution is 2.40. The van der Waals surface area contributed by atoms with E-state index in [4.69, 9.17) is 0 Å². The third-order valence-electron chi connectivity index (χ3n) is 3.15. The normalized spacial score (nSPS) is 10.6. The van der Waals surface area contributed by atoms with Gasteiger partial charge in [-0.1, -0.05) is 42.1 Å². The van der Waals surface area contributed by atoms with E-state index in [-0.39, 0.29) is 11.6 Å². The van der Waals surface area contributed by atoms with E-state index in [9.17, 15) is 9.18 Å². The van der Waals surface area contributed by atoms with Crippen molar-refractivity contribution < 1.29 is 9.18 Å². The minimum atomic E-state index is -0.245. The van der Waals surface area contributed by atoms with E-state index >= 15 is 0 Å². The number of Topliss-reactive ketones (excluding diaryl/α,β-unsaturated/α-hetero) is 1. The number of halogens is 1. The molecule has 0 aliphatic carbocycles. The van der Waals surface area contributed by atoms with Gasteiger partial charge in [-0.2, -0.15) is 0 Å². The first-order valence-electron chi connectivity index (χ1n) is 6.77. The highest BCUT2D eigenvalue weighted by molar-refractivity contribution is 8.01. The van der Waals surface area contributed by atoms with Gasteiger partial charge in [-0.15, -0.1) is 11.3 Å². The van der Waals surface area contributed by atoms with Crippen LogP contribution in [0.15, 0.2) is 69.8 Å². The highest BCUT2D eigenvalue weighted by Gasteiger charge is 2.15. The molecule has 1 nitrogen and oxygen atoms in total. The molecule has 0 N–H and O–H groups in total. The number of rotatable bonds is 4. The standard InChI is InChI=1S/C18H13FOS2/c1-12(20)18-16(13-5-3-2-4-6-13)11-17(22-18)21-15-9-7-14(19)8-10-15/h2-11H,1H3. The van der Waals surface area contributed by atoms with E-state index < -0.39 is 0 Å². The van der Waals surface area contributed by atoms with E-state index in [1.54, 1.807) is 30.8 Å². The molecule has 1 aromatic heterocycles. The quantitative estimate of drug-likeness (QED) is 0.554. The molecule has 0 saturated heterocycles. The third-order valence-corrected chi connectivity index (χ3v) is 5.50. The zero-order chi connectivity index (χ0) is 15.5. The molecule has 0 fully saturated rings. The summed E-state index contributed by atoms with van der Waals surface area (Å²) in [5.74, 6) is -0.181. The monoisotopic (exact) mass is 328 g/mol. The first-order valence-corrected chi connectivity index (χ1v) is 8.40. The summed E-state index contributed by atoms with van der Waals surface area (Å²) in [5.41, 5.74) is 2.00.